The first-order chi connectivity index (χ1) is 11.3. The Morgan fingerprint density at radius 1 is 1.29 bits per heavy atom. The minimum absolute atomic E-state index is 0.129. The van der Waals surface area contributed by atoms with Crippen molar-refractivity contribution in [3.63, 3.8) is 0 Å². The lowest BCUT2D eigenvalue weighted by molar-refractivity contribution is -0.244. The number of fused-ring (bicyclic) bond motifs is 1. The Balaban J connectivity index is 1.95. The van der Waals surface area contributed by atoms with E-state index in [9.17, 15) is 9.90 Å². The lowest BCUT2D eigenvalue weighted by atomic mass is 9.98. The van der Waals surface area contributed by atoms with Gasteiger partial charge in [-0.25, -0.2) is 0 Å². The Morgan fingerprint density at radius 3 is 2.71 bits per heavy atom. The van der Waals surface area contributed by atoms with Crippen molar-refractivity contribution in [1.29, 1.82) is 0 Å². The van der Waals surface area contributed by atoms with Gasteiger partial charge in [0.2, 0.25) is 12.5 Å². The molecule has 0 bridgehead atoms. The van der Waals surface area contributed by atoms with Crippen LogP contribution in [0.1, 0.15) is 38.9 Å². The Bertz CT molecular complexity index is 640. The van der Waals surface area contributed by atoms with Gasteiger partial charge in [0.05, 0.1) is 19.3 Å². The number of carbonyl (C=O) groups excluding carboxylic acids is 1. The highest BCUT2D eigenvalue weighted by atomic mass is 16.7. The summed E-state index contributed by atoms with van der Waals surface area (Å²) in [6.07, 6.45) is -2.15. The van der Waals surface area contributed by atoms with Gasteiger partial charge in [-0.3, -0.25) is 4.79 Å². The van der Waals surface area contributed by atoms with E-state index < -0.39 is 24.1 Å². The quantitative estimate of drug-likeness (QED) is 0.902. The van der Waals surface area contributed by atoms with Crippen LogP contribution in [0.5, 0.6) is 17.2 Å². The van der Waals surface area contributed by atoms with Crippen molar-refractivity contribution in [3.8, 4) is 17.2 Å². The van der Waals surface area contributed by atoms with Gasteiger partial charge in [-0.1, -0.05) is 0 Å². The van der Waals surface area contributed by atoms with Crippen LogP contribution in [-0.2, 0) is 14.3 Å². The van der Waals surface area contributed by atoms with Crippen molar-refractivity contribution in [3.05, 3.63) is 17.7 Å². The molecule has 1 saturated heterocycles. The van der Waals surface area contributed by atoms with E-state index in [4.69, 9.17) is 23.7 Å². The molecule has 3 atom stereocenters. The van der Waals surface area contributed by atoms with Gasteiger partial charge in [0, 0.05) is 6.42 Å². The second-order valence-electron chi connectivity index (χ2n) is 6.42. The molecule has 1 aromatic carbocycles. The van der Waals surface area contributed by atoms with E-state index in [1.807, 2.05) is 0 Å². The molecule has 7 nitrogen and oxygen atoms in total. The lowest BCUT2D eigenvalue weighted by Gasteiger charge is -2.29. The minimum atomic E-state index is -1.03. The molecule has 2 aliphatic heterocycles. The van der Waals surface area contributed by atoms with Crippen LogP contribution in [0.15, 0.2) is 12.1 Å². The molecule has 0 aliphatic carbocycles. The first kappa shape index (κ1) is 17.0. The van der Waals surface area contributed by atoms with Crippen LogP contribution in [0, 0.1) is 0 Å². The number of rotatable bonds is 3. The summed E-state index contributed by atoms with van der Waals surface area (Å²) in [6, 6.07) is 3.58. The number of hydrogen-bond donors (Lipinski definition) is 1. The van der Waals surface area contributed by atoms with Gasteiger partial charge < -0.3 is 28.8 Å². The standard InChI is InChI=1S/C17H22O7/c1-9(18)15-11(19)7-12(23-17(2,3)24-15)10-5-13(20-4)16-14(6-10)21-8-22-16/h5-6,11-12,15,19H,7-8H2,1-4H3. The summed E-state index contributed by atoms with van der Waals surface area (Å²) in [6.45, 7) is 4.97. The van der Waals surface area contributed by atoms with Gasteiger partial charge in [0.15, 0.2) is 23.1 Å². The highest BCUT2D eigenvalue weighted by Gasteiger charge is 2.40. The molecular weight excluding hydrogens is 316 g/mol. The van der Waals surface area contributed by atoms with Gasteiger partial charge in [0.1, 0.15) is 6.10 Å². The molecule has 132 valence electrons. The van der Waals surface area contributed by atoms with Crippen molar-refractivity contribution in [2.45, 2.75) is 51.3 Å². The van der Waals surface area contributed by atoms with Gasteiger partial charge in [-0.05, 0) is 38.5 Å². The molecule has 0 spiro atoms. The largest absolute Gasteiger partial charge is 0.493 e. The van der Waals surface area contributed by atoms with Crippen LogP contribution in [0.25, 0.3) is 0 Å². The number of benzene rings is 1. The Hall–Kier alpha value is -1.83. The van der Waals surface area contributed by atoms with Gasteiger partial charge in [-0.2, -0.15) is 0 Å². The van der Waals surface area contributed by atoms with Crippen LogP contribution >= 0.6 is 0 Å². The molecule has 1 aromatic rings. The van der Waals surface area contributed by atoms with E-state index in [2.05, 4.69) is 0 Å². The van der Waals surface area contributed by atoms with Crippen molar-refractivity contribution in [2.75, 3.05) is 13.9 Å². The van der Waals surface area contributed by atoms with Gasteiger partial charge in [0.25, 0.3) is 0 Å². The molecule has 0 amide bonds. The van der Waals surface area contributed by atoms with E-state index >= 15 is 0 Å². The molecule has 2 aliphatic rings. The molecule has 1 fully saturated rings. The highest BCUT2D eigenvalue weighted by molar-refractivity contribution is 5.81. The molecule has 2 heterocycles. The maximum absolute atomic E-state index is 11.7. The smallest absolute Gasteiger partial charge is 0.231 e. The number of methoxy groups -OCH3 is 1. The zero-order chi connectivity index (χ0) is 17.5. The second kappa shape index (κ2) is 6.23. The molecular formula is C17H22O7. The van der Waals surface area contributed by atoms with Crippen molar-refractivity contribution < 1.29 is 33.6 Å². The van der Waals surface area contributed by atoms with Crippen LogP contribution in [0.2, 0.25) is 0 Å². The third-order valence-electron chi connectivity index (χ3n) is 4.10. The van der Waals surface area contributed by atoms with Crippen molar-refractivity contribution >= 4 is 5.78 Å². The number of ether oxygens (including phenoxy) is 5. The average Bonchev–Trinajstić information content (AvgIpc) is 2.94. The number of hydrogen-bond acceptors (Lipinski definition) is 7. The van der Waals surface area contributed by atoms with Crippen LogP contribution in [0.4, 0.5) is 0 Å². The Labute approximate surface area is 140 Å². The number of aliphatic hydroxyl groups excluding tert-OH is 1. The van der Waals surface area contributed by atoms with Crippen LogP contribution < -0.4 is 14.2 Å². The van der Waals surface area contributed by atoms with Crippen LogP contribution in [-0.4, -0.2) is 42.8 Å². The number of Topliss-reactive ketones (excluding diaryl/α,β-unsaturated/α-hetero) is 1. The third kappa shape index (κ3) is 3.19. The molecule has 1 N–H and O–H groups in total. The number of aliphatic hydroxyl groups is 1. The topological polar surface area (TPSA) is 83.5 Å². The van der Waals surface area contributed by atoms with E-state index in [-0.39, 0.29) is 19.0 Å². The SMILES string of the molecule is COc1cc(C2CC(O)C(C(C)=O)OC(C)(C)O2)cc2c1OCO2. The maximum atomic E-state index is 11.7. The lowest BCUT2D eigenvalue weighted by Crippen LogP contribution is -2.40. The van der Waals surface area contributed by atoms with E-state index in [0.717, 1.165) is 5.56 Å². The molecule has 3 rings (SSSR count). The third-order valence-corrected chi connectivity index (χ3v) is 4.10. The van der Waals surface area contributed by atoms with Gasteiger partial charge >= 0.3 is 0 Å². The fraction of sp³-hybridized carbons (Fsp3) is 0.588. The van der Waals surface area contributed by atoms with Crippen molar-refractivity contribution in [2.24, 2.45) is 0 Å². The summed E-state index contributed by atoms with van der Waals surface area (Å²) in [4.78, 5) is 11.7. The zero-order valence-electron chi connectivity index (χ0n) is 14.2. The summed E-state index contributed by atoms with van der Waals surface area (Å²) in [5, 5.41) is 10.4. The predicted molar refractivity (Wildman–Crippen MR) is 83.2 cm³/mol. The molecule has 0 radical (unpaired) electrons. The molecule has 24 heavy (non-hydrogen) atoms. The van der Waals surface area contributed by atoms with E-state index in [1.165, 1.54) is 6.92 Å². The first-order valence-electron chi connectivity index (χ1n) is 7.82. The Morgan fingerprint density at radius 2 is 2.04 bits per heavy atom. The average molecular weight is 338 g/mol. The zero-order valence-corrected chi connectivity index (χ0v) is 14.2. The molecule has 0 saturated carbocycles. The highest BCUT2D eigenvalue weighted by Crippen LogP contribution is 2.45. The minimum Gasteiger partial charge on any atom is -0.493 e. The predicted octanol–water partition coefficient (Wildman–Crippen LogP) is 1.96. The van der Waals surface area contributed by atoms with Crippen molar-refractivity contribution in [1.82, 2.24) is 0 Å². The fourth-order valence-electron chi connectivity index (χ4n) is 3.04. The first-order valence-corrected chi connectivity index (χ1v) is 7.82. The van der Waals surface area contributed by atoms with Crippen LogP contribution in [0.3, 0.4) is 0 Å². The summed E-state index contributed by atoms with van der Waals surface area (Å²) in [7, 11) is 1.54. The second-order valence-corrected chi connectivity index (χ2v) is 6.42. The number of carbonyl (C=O) groups is 1. The van der Waals surface area contributed by atoms with E-state index in [0.29, 0.717) is 17.2 Å². The van der Waals surface area contributed by atoms with E-state index in [1.54, 1.807) is 33.1 Å². The fourth-order valence-corrected chi connectivity index (χ4v) is 3.04. The maximum Gasteiger partial charge on any atom is 0.231 e. The Kier molecular flexibility index (Phi) is 4.42. The normalized spacial score (nSPS) is 28.3. The summed E-state index contributed by atoms with van der Waals surface area (Å²) >= 11 is 0. The summed E-state index contributed by atoms with van der Waals surface area (Å²) in [5.41, 5.74) is 0.760. The molecule has 7 heteroatoms. The number of ketones is 1. The monoisotopic (exact) mass is 338 g/mol. The summed E-state index contributed by atoms with van der Waals surface area (Å²) in [5.74, 6) is 0.385. The molecule has 0 aromatic heterocycles. The van der Waals surface area contributed by atoms with Gasteiger partial charge in [-0.15, -0.1) is 0 Å². The molecule has 3 unspecified atom stereocenters. The summed E-state index contributed by atoms with van der Waals surface area (Å²) < 4.78 is 27.9.